The van der Waals surface area contributed by atoms with E-state index in [2.05, 4.69) is 21.4 Å². The second-order valence-corrected chi connectivity index (χ2v) is 5.76. The number of hydrogen-bond acceptors (Lipinski definition) is 5. The fourth-order valence-electron chi connectivity index (χ4n) is 2.41. The van der Waals surface area contributed by atoms with E-state index < -0.39 is 0 Å². The van der Waals surface area contributed by atoms with Gasteiger partial charge in [-0.1, -0.05) is 30.3 Å². The third kappa shape index (κ3) is 4.22. The van der Waals surface area contributed by atoms with Crippen LogP contribution in [0.2, 0.25) is 0 Å². The first-order valence-electron chi connectivity index (χ1n) is 8.04. The molecule has 2 aromatic carbocycles. The normalized spacial score (nSPS) is 10.0. The first-order valence-corrected chi connectivity index (χ1v) is 8.04. The second kappa shape index (κ2) is 7.90. The zero-order valence-corrected chi connectivity index (χ0v) is 14.3. The fraction of sp³-hybridized carbons (Fsp3) is 0.100. The molecule has 0 bridgehead atoms. The quantitative estimate of drug-likeness (QED) is 0.768. The van der Waals surface area contributed by atoms with Crippen molar-refractivity contribution in [3.8, 4) is 6.07 Å². The molecule has 6 heteroatoms. The van der Waals surface area contributed by atoms with Crippen LogP contribution in [0.1, 0.15) is 21.5 Å². The summed E-state index contributed by atoms with van der Waals surface area (Å²) in [4.78, 5) is 22.5. The molecule has 1 amide bonds. The number of anilines is 2. The Morgan fingerprint density at radius 3 is 2.35 bits per heavy atom. The SMILES string of the molecule is CN(Cc1ccccc1)C(=O)c1cnc(Nc2ccc(C#N)cc2)nc1. The molecule has 1 heterocycles. The van der Waals surface area contributed by atoms with E-state index in [0.29, 0.717) is 23.6 Å². The van der Waals surface area contributed by atoms with Crippen molar-refractivity contribution in [1.82, 2.24) is 14.9 Å². The summed E-state index contributed by atoms with van der Waals surface area (Å²) in [6.07, 6.45) is 3.01. The molecule has 6 nitrogen and oxygen atoms in total. The fourth-order valence-corrected chi connectivity index (χ4v) is 2.41. The smallest absolute Gasteiger partial charge is 0.257 e. The highest BCUT2D eigenvalue weighted by atomic mass is 16.2. The van der Waals surface area contributed by atoms with Gasteiger partial charge in [-0.2, -0.15) is 5.26 Å². The Kier molecular flexibility index (Phi) is 5.20. The van der Waals surface area contributed by atoms with Gasteiger partial charge in [-0.15, -0.1) is 0 Å². The van der Waals surface area contributed by atoms with Gasteiger partial charge in [0.1, 0.15) is 0 Å². The lowest BCUT2D eigenvalue weighted by atomic mass is 10.2. The summed E-state index contributed by atoms with van der Waals surface area (Å²) in [6.45, 7) is 0.519. The molecule has 0 radical (unpaired) electrons. The lowest BCUT2D eigenvalue weighted by Gasteiger charge is -2.17. The molecule has 1 N–H and O–H groups in total. The molecule has 0 aliphatic rings. The third-order valence-electron chi connectivity index (χ3n) is 3.78. The molecule has 0 fully saturated rings. The van der Waals surface area contributed by atoms with Gasteiger partial charge in [0.15, 0.2) is 0 Å². The van der Waals surface area contributed by atoms with Crippen LogP contribution in [-0.4, -0.2) is 27.8 Å². The molecule has 0 unspecified atom stereocenters. The van der Waals surface area contributed by atoms with E-state index in [-0.39, 0.29) is 5.91 Å². The van der Waals surface area contributed by atoms with Crippen molar-refractivity contribution in [2.24, 2.45) is 0 Å². The van der Waals surface area contributed by atoms with Gasteiger partial charge in [0, 0.05) is 31.7 Å². The number of carbonyl (C=O) groups excluding carboxylic acids is 1. The largest absolute Gasteiger partial charge is 0.337 e. The van der Waals surface area contributed by atoms with Crippen LogP contribution in [0.5, 0.6) is 0 Å². The number of aromatic nitrogens is 2. The highest BCUT2D eigenvalue weighted by Crippen LogP contribution is 2.14. The summed E-state index contributed by atoms with van der Waals surface area (Å²) in [5.41, 5.74) is 2.83. The molecule has 3 rings (SSSR count). The minimum absolute atomic E-state index is 0.140. The maximum atomic E-state index is 12.5. The lowest BCUT2D eigenvalue weighted by Crippen LogP contribution is -2.26. The number of nitrogens with one attached hydrogen (secondary N) is 1. The number of hydrogen-bond donors (Lipinski definition) is 1. The summed E-state index contributed by atoms with van der Waals surface area (Å²) in [5, 5.41) is 11.8. The summed E-state index contributed by atoms with van der Waals surface area (Å²) in [7, 11) is 1.75. The molecule has 26 heavy (non-hydrogen) atoms. The average Bonchev–Trinajstić information content (AvgIpc) is 2.69. The molecule has 3 aromatic rings. The van der Waals surface area contributed by atoms with E-state index in [4.69, 9.17) is 5.26 Å². The van der Waals surface area contributed by atoms with E-state index >= 15 is 0 Å². The van der Waals surface area contributed by atoms with Crippen molar-refractivity contribution in [2.45, 2.75) is 6.54 Å². The van der Waals surface area contributed by atoms with Crippen molar-refractivity contribution in [3.63, 3.8) is 0 Å². The molecular weight excluding hydrogens is 326 g/mol. The predicted molar refractivity (Wildman–Crippen MR) is 98.7 cm³/mol. The van der Waals surface area contributed by atoms with Crippen LogP contribution in [0.3, 0.4) is 0 Å². The van der Waals surface area contributed by atoms with Gasteiger partial charge in [0.05, 0.1) is 17.2 Å². The number of rotatable bonds is 5. The van der Waals surface area contributed by atoms with Crippen molar-refractivity contribution < 1.29 is 4.79 Å². The number of amides is 1. The van der Waals surface area contributed by atoms with Crippen LogP contribution in [0.25, 0.3) is 0 Å². The van der Waals surface area contributed by atoms with Crippen LogP contribution < -0.4 is 5.32 Å². The maximum absolute atomic E-state index is 12.5. The highest BCUT2D eigenvalue weighted by Gasteiger charge is 2.13. The van der Waals surface area contributed by atoms with Gasteiger partial charge in [0.2, 0.25) is 5.95 Å². The topological polar surface area (TPSA) is 81.9 Å². The summed E-state index contributed by atoms with van der Waals surface area (Å²) >= 11 is 0. The van der Waals surface area contributed by atoms with Crippen LogP contribution in [0.15, 0.2) is 67.0 Å². The van der Waals surface area contributed by atoms with Crippen molar-refractivity contribution >= 4 is 17.5 Å². The van der Waals surface area contributed by atoms with Crippen LogP contribution in [0, 0.1) is 11.3 Å². The van der Waals surface area contributed by atoms with Crippen LogP contribution >= 0.6 is 0 Å². The van der Waals surface area contributed by atoms with Gasteiger partial charge in [-0.25, -0.2) is 9.97 Å². The maximum Gasteiger partial charge on any atom is 0.257 e. The average molecular weight is 343 g/mol. The van der Waals surface area contributed by atoms with Crippen LogP contribution in [0.4, 0.5) is 11.6 Å². The zero-order chi connectivity index (χ0) is 18.4. The van der Waals surface area contributed by atoms with Crippen molar-refractivity contribution in [2.75, 3.05) is 12.4 Å². The van der Waals surface area contributed by atoms with Gasteiger partial charge in [-0.05, 0) is 29.8 Å². The Morgan fingerprint density at radius 1 is 1.08 bits per heavy atom. The first kappa shape index (κ1) is 17.1. The lowest BCUT2D eigenvalue weighted by molar-refractivity contribution is 0.0784. The third-order valence-corrected chi connectivity index (χ3v) is 3.78. The molecular formula is C20H17N5O. The molecule has 0 aliphatic carbocycles. The van der Waals surface area contributed by atoms with Crippen molar-refractivity contribution in [3.05, 3.63) is 83.7 Å². The molecule has 128 valence electrons. The molecule has 1 aromatic heterocycles. The van der Waals surface area contributed by atoms with E-state index in [0.717, 1.165) is 11.3 Å². The van der Waals surface area contributed by atoms with Gasteiger partial charge in [0.25, 0.3) is 5.91 Å². The van der Waals surface area contributed by atoms with Crippen LogP contribution in [-0.2, 0) is 6.54 Å². The van der Waals surface area contributed by atoms with E-state index in [1.54, 1.807) is 36.2 Å². The minimum atomic E-state index is -0.140. The van der Waals surface area contributed by atoms with Gasteiger partial charge in [-0.3, -0.25) is 4.79 Å². The van der Waals surface area contributed by atoms with E-state index in [1.165, 1.54) is 12.4 Å². The number of nitriles is 1. The second-order valence-electron chi connectivity index (χ2n) is 5.76. The van der Waals surface area contributed by atoms with E-state index in [1.807, 2.05) is 30.3 Å². The number of benzene rings is 2. The van der Waals surface area contributed by atoms with Gasteiger partial charge < -0.3 is 10.2 Å². The summed E-state index contributed by atoms with van der Waals surface area (Å²) in [5.74, 6) is 0.246. The number of nitrogens with zero attached hydrogens (tertiary/aromatic N) is 4. The van der Waals surface area contributed by atoms with E-state index in [9.17, 15) is 4.79 Å². The Balaban J connectivity index is 1.64. The first-order chi connectivity index (χ1) is 12.7. The predicted octanol–water partition coefficient (Wildman–Crippen LogP) is 3.36. The molecule has 0 spiro atoms. The van der Waals surface area contributed by atoms with Gasteiger partial charge >= 0.3 is 0 Å². The summed E-state index contributed by atoms with van der Waals surface area (Å²) in [6, 6.07) is 18.8. The van der Waals surface area contributed by atoms with Crippen molar-refractivity contribution in [1.29, 1.82) is 5.26 Å². The highest BCUT2D eigenvalue weighted by molar-refractivity contribution is 5.93. The Hall–Kier alpha value is -3.72. The summed E-state index contributed by atoms with van der Waals surface area (Å²) < 4.78 is 0. The molecule has 0 aliphatic heterocycles. The molecule has 0 atom stereocenters. The minimum Gasteiger partial charge on any atom is -0.337 e. The molecule has 0 saturated heterocycles. The zero-order valence-electron chi connectivity index (χ0n) is 14.3. The molecule has 0 saturated carbocycles. The Morgan fingerprint density at radius 2 is 1.73 bits per heavy atom. The number of carbonyl (C=O) groups is 1. The standard InChI is InChI=1S/C20H17N5O/c1-25(14-16-5-3-2-4-6-16)19(26)17-12-22-20(23-13-17)24-18-9-7-15(11-21)8-10-18/h2-10,12-13H,14H2,1H3,(H,22,23,24). The Labute approximate surface area is 151 Å². The Bertz CT molecular complexity index is 915. The monoisotopic (exact) mass is 343 g/mol.